The molecule has 0 saturated carbocycles. The van der Waals surface area contributed by atoms with Gasteiger partial charge in [-0.05, 0) is 44.7 Å². The van der Waals surface area contributed by atoms with E-state index in [0.29, 0.717) is 6.04 Å². The van der Waals surface area contributed by atoms with Crippen molar-refractivity contribution in [3.8, 4) is 0 Å². The van der Waals surface area contributed by atoms with E-state index in [1.807, 2.05) is 0 Å². The van der Waals surface area contributed by atoms with Crippen LogP contribution in [0.15, 0.2) is 30.3 Å². The van der Waals surface area contributed by atoms with Gasteiger partial charge in [0.1, 0.15) is 0 Å². The summed E-state index contributed by atoms with van der Waals surface area (Å²) in [7, 11) is 0. The van der Waals surface area contributed by atoms with Crippen molar-refractivity contribution in [3.63, 3.8) is 0 Å². The van der Waals surface area contributed by atoms with Gasteiger partial charge in [-0.3, -0.25) is 4.90 Å². The zero-order valence-corrected chi connectivity index (χ0v) is 14.2. The van der Waals surface area contributed by atoms with E-state index in [2.05, 4.69) is 68.2 Å². The molecule has 2 rings (SSSR count). The summed E-state index contributed by atoms with van der Waals surface area (Å²) >= 11 is 0. The van der Waals surface area contributed by atoms with Gasteiger partial charge < -0.3 is 5.32 Å². The Morgan fingerprint density at radius 3 is 2.67 bits per heavy atom. The molecular formula is C19H32N2. The average Bonchev–Trinajstić information content (AvgIpc) is 2.49. The lowest BCUT2D eigenvalue weighted by Crippen LogP contribution is -2.63. The summed E-state index contributed by atoms with van der Waals surface area (Å²) in [5, 5.41) is 3.76. The van der Waals surface area contributed by atoms with Crippen LogP contribution in [0.5, 0.6) is 0 Å². The molecule has 1 aliphatic rings. The number of aryl methyl sites for hydroxylation is 1. The van der Waals surface area contributed by atoms with Crippen LogP contribution in [0, 0.1) is 5.92 Å². The number of piperazine rings is 1. The summed E-state index contributed by atoms with van der Waals surface area (Å²) in [6, 6.07) is 11.5. The Balaban J connectivity index is 1.86. The lowest BCUT2D eigenvalue weighted by Gasteiger charge is -2.47. The third-order valence-corrected chi connectivity index (χ3v) is 5.14. The summed E-state index contributed by atoms with van der Waals surface area (Å²) in [4.78, 5) is 2.70. The molecule has 1 aliphatic heterocycles. The van der Waals surface area contributed by atoms with Gasteiger partial charge in [0.25, 0.3) is 0 Å². The van der Waals surface area contributed by atoms with Crippen LogP contribution in [-0.4, -0.2) is 36.1 Å². The molecular weight excluding hydrogens is 256 g/mol. The third kappa shape index (κ3) is 4.55. The van der Waals surface area contributed by atoms with Crippen molar-refractivity contribution in [3.05, 3.63) is 35.9 Å². The Labute approximate surface area is 130 Å². The van der Waals surface area contributed by atoms with Crippen LogP contribution in [0.4, 0.5) is 0 Å². The van der Waals surface area contributed by atoms with E-state index in [1.54, 1.807) is 0 Å². The number of benzene rings is 1. The van der Waals surface area contributed by atoms with Crippen LogP contribution < -0.4 is 5.32 Å². The maximum atomic E-state index is 3.76. The molecule has 1 fully saturated rings. The monoisotopic (exact) mass is 288 g/mol. The number of nitrogens with one attached hydrogen (secondary N) is 1. The predicted molar refractivity (Wildman–Crippen MR) is 91.7 cm³/mol. The number of nitrogens with zero attached hydrogens (tertiary/aromatic N) is 1. The van der Waals surface area contributed by atoms with Gasteiger partial charge in [0, 0.05) is 24.7 Å². The quantitative estimate of drug-likeness (QED) is 0.858. The largest absolute Gasteiger partial charge is 0.311 e. The van der Waals surface area contributed by atoms with E-state index in [0.717, 1.165) is 12.5 Å². The lowest BCUT2D eigenvalue weighted by atomic mass is 9.90. The fourth-order valence-corrected chi connectivity index (χ4v) is 3.22. The highest BCUT2D eigenvalue weighted by Gasteiger charge is 2.34. The van der Waals surface area contributed by atoms with E-state index in [4.69, 9.17) is 0 Å². The van der Waals surface area contributed by atoms with E-state index in [1.165, 1.54) is 37.9 Å². The van der Waals surface area contributed by atoms with Gasteiger partial charge in [-0.25, -0.2) is 0 Å². The van der Waals surface area contributed by atoms with Crippen LogP contribution in [-0.2, 0) is 6.42 Å². The van der Waals surface area contributed by atoms with Gasteiger partial charge in [0.05, 0.1) is 0 Å². The fourth-order valence-electron chi connectivity index (χ4n) is 3.22. The molecule has 0 bridgehead atoms. The van der Waals surface area contributed by atoms with Crippen molar-refractivity contribution in [2.45, 2.75) is 58.5 Å². The summed E-state index contributed by atoms with van der Waals surface area (Å²) in [5.41, 5.74) is 1.74. The van der Waals surface area contributed by atoms with Gasteiger partial charge in [-0.15, -0.1) is 0 Å². The van der Waals surface area contributed by atoms with Crippen LogP contribution in [0.25, 0.3) is 0 Å². The van der Waals surface area contributed by atoms with Gasteiger partial charge in [-0.2, -0.15) is 0 Å². The Hall–Kier alpha value is -0.860. The van der Waals surface area contributed by atoms with Gasteiger partial charge >= 0.3 is 0 Å². The fraction of sp³-hybridized carbons (Fsp3) is 0.684. The first-order valence-electron chi connectivity index (χ1n) is 8.55. The van der Waals surface area contributed by atoms with Crippen molar-refractivity contribution in [1.29, 1.82) is 0 Å². The third-order valence-electron chi connectivity index (χ3n) is 5.14. The van der Waals surface area contributed by atoms with E-state index >= 15 is 0 Å². The number of hydrogen-bond acceptors (Lipinski definition) is 2. The maximum absolute atomic E-state index is 3.76. The van der Waals surface area contributed by atoms with Crippen LogP contribution in [0.1, 0.15) is 46.1 Å². The summed E-state index contributed by atoms with van der Waals surface area (Å²) in [6.45, 7) is 12.9. The molecule has 0 amide bonds. The molecule has 2 heteroatoms. The van der Waals surface area contributed by atoms with E-state index < -0.39 is 0 Å². The molecule has 1 heterocycles. The van der Waals surface area contributed by atoms with Gasteiger partial charge in [0.15, 0.2) is 0 Å². The molecule has 2 unspecified atom stereocenters. The molecule has 1 aromatic rings. The molecule has 2 nitrogen and oxygen atoms in total. The SMILES string of the molecule is CCC(C)C1CN(CCCc2ccccc2)C(C)(C)CN1. The molecule has 0 aromatic heterocycles. The molecule has 21 heavy (non-hydrogen) atoms. The van der Waals surface area contributed by atoms with Crippen molar-refractivity contribution in [2.24, 2.45) is 5.92 Å². The zero-order chi connectivity index (χ0) is 15.3. The maximum Gasteiger partial charge on any atom is 0.0278 e. The second-order valence-electron chi connectivity index (χ2n) is 7.22. The molecule has 0 spiro atoms. The number of hydrogen-bond donors (Lipinski definition) is 1. The van der Waals surface area contributed by atoms with Crippen molar-refractivity contribution in [1.82, 2.24) is 10.2 Å². The Bertz CT molecular complexity index is 413. The van der Waals surface area contributed by atoms with E-state index in [9.17, 15) is 0 Å². The lowest BCUT2D eigenvalue weighted by molar-refractivity contribution is 0.0510. The van der Waals surface area contributed by atoms with Gasteiger partial charge in [0.2, 0.25) is 0 Å². The smallest absolute Gasteiger partial charge is 0.0278 e. The first-order chi connectivity index (χ1) is 10.0. The van der Waals surface area contributed by atoms with Crippen LogP contribution in [0.2, 0.25) is 0 Å². The minimum Gasteiger partial charge on any atom is -0.311 e. The van der Waals surface area contributed by atoms with Gasteiger partial charge in [-0.1, -0.05) is 50.6 Å². The Morgan fingerprint density at radius 1 is 1.29 bits per heavy atom. The molecule has 1 aromatic carbocycles. The van der Waals surface area contributed by atoms with E-state index in [-0.39, 0.29) is 5.54 Å². The molecule has 2 atom stereocenters. The topological polar surface area (TPSA) is 15.3 Å². The Kier molecular flexibility index (Phi) is 5.83. The zero-order valence-electron chi connectivity index (χ0n) is 14.2. The first kappa shape index (κ1) is 16.5. The second-order valence-corrected chi connectivity index (χ2v) is 7.22. The predicted octanol–water partition coefficient (Wildman–Crippen LogP) is 3.72. The standard InChI is InChI=1S/C19H32N2/c1-5-16(2)18-14-21(19(3,4)15-20-18)13-9-12-17-10-7-6-8-11-17/h6-8,10-11,16,18,20H,5,9,12-15H2,1-4H3. The summed E-state index contributed by atoms with van der Waals surface area (Å²) in [5.74, 6) is 0.762. The molecule has 0 aliphatic carbocycles. The average molecular weight is 288 g/mol. The van der Waals surface area contributed by atoms with Crippen molar-refractivity contribution < 1.29 is 0 Å². The second kappa shape index (κ2) is 7.42. The molecule has 1 saturated heterocycles. The molecule has 118 valence electrons. The van der Waals surface area contributed by atoms with Crippen molar-refractivity contribution >= 4 is 0 Å². The highest BCUT2D eigenvalue weighted by molar-refractivity contribution is 5.14. The highest BCUT2D eigenvalue weighted by Crippen LogP contribution is 2.23. The van der Waals surface area contributed by atoms with Crippen molar-refractivity contribution in [2.75, 3.05) is 19.6 Å². The minimum atomic E-state index is 0.278. The van der Waals surface area contributed by atoms with Crippen LogP contribution >= 0.6 is 0 Å². The highest BCUT2D eigenvalue weighted by atomic mass is 15.3. The minimum absolute atomic E-state index is 0.278. The summed E-state index contributed by atoms with van der Waals surface area (Å²) < 4.78 is 0. The first-order valence-corrected chi connectivity index (χ1v) is 8.55. The molecule has 0 radical (unpaired) electrons. The molecule has 1 N–H and O–H groups in total. The normalized spacial score (nSPS) is 23.9. The summed E-state index contributed by atoms with van der Waals surface area (Å²) in [6.07, 6.45) is 3.70. The van der Waals surface area contributed by atoms with Crippen LogP contribution in [0.3, 0.4) is 0 Å². The number of rotatable bonds is 6. The Morgan fingerprint density at radius 2 is 2.00 bits per heavy atom.